The number of rotatable bonds is 7. The Morgan fingerprint density at radius 2 is 2.12 bits per heavy atom. The molecule has 6 heteroatoms. The minimum Gasteiger partial charge on any atom is -0.550 e. The summed E-state index contributed by atoms with van der Waals surface area (Å²) in [7, 11) is 0. The highest BCUT2D eigenvalue weighted by atomic mass is 32.2. The summed E-state index contributed by atoms with van der Waals surface area (Å²) in [4.78, 5) is 25.2. The molecule has 0 radical (unpaired) electrons. The Hall–Kier alpha value is -1.04. The quantitative estimate of drug-likeness (QED) is 0.633. The van der Waals surface area contributed by atoms with Crippen LogP contribution in [0.1, 0.15) is 32.1 Å². The highest BCUT2D eigenvalue weighted by Gasteiger charge is 2.15. The van der Waals surface area contributed by atoms with Crippen molar-refractivity contribution in [2.45, 2.75) is 32.1 Å². The number of carboxylic acid groups (broad SMARTS) is 1. The van der Waals surface area contributed by atoms with Gasteiger partial charge in [0.15, 0.2) is 5.17 Å². The third-order valence-electron chi connectivity index (χ3n) is 2.13. The van der Waals surface area contributed by atoms with Crippen molar-refractivity contribution in [3.8, 4) is 0 Å². The molecular weight excluding hydrogens is 228 g/mol. The Morgan fingerprint density at radius 1 is 1.38 bits per heavy atom. The molecule has 0 aromatic heterocycles. The van der Waals surface area contributed by atoms with Crippen LogP contribution in [0.15, 0.2) is 4.99 Å². The van der Waals surface area contributed by atoms with Gasteiger partial charge >= 0.3 is 0 Å². The molecule has 0 unspecified atom stereocenters. The lowest BCUT2D eigenvalue weighted by Crippen LogP contribution is -2.21. The molecule has 0 atom stereocenters. The first-order valence-corrected chi connectivity index (χ1v) is 6.34. The maximum atomic E-state index is 10.8. The zero-order valence-corrected chi connectivity index (χ0v) is 9.85. The molecule has 1 saturated heterocycles. The van der Waals surface area contributed by atoms with Crippen molar-refractivity contribution in [2.24, 2.45) is 4.99 Å². The van der Waals surface area contributed by atoms with Crippen LogP contribution in [0.4, 0.5) is 0 Å². The highest BCUT2D eigenvalue weighted by molar-refractivity contribution is 8.15. The van der Waals surface area contributed by atoms with Crippen LogP contribution in [0.25, 0.3) is 0 Å². The van der Waals surface area contributed by atoms with E-state index in [0.717, 1.165) is 19.3 Å². The van der Waals surface area contributed by atoms with E-state index in [2.05, 4.69) is 10.3 Å². The minimum absolute atomic E-state index is 0.0118. The summed E-state index contributed by atoms with van der Waals surface area (Å²) in [5, 5.41) is 13.5. The summed E-state index contributed by atoms with van der Waals surface area (Å²) in [6.45, 7) is 0.688. The van der Waals surface area contributed by atoms with Gasteiger partial charge in [0.2, 0.25) is 5.91 Å². The van der Waals surface area contributed by atoms with Gasteiger partial charge in [0, 0.05) is 12.5 Å². The van der Waals surface area contributed by atoms with Crippen LogP contribution in [0.3, 0.4) is 0 Å². The molecule has 1 N–H and O–H groups in total. The van der Waals surface area contributed by atoms with Gasteiger partial charge in [-0.25, -0.2) is 0 Å². The maximum absolute atomic E-state index is 10.8. The number of carbonyl (C=O) groups excluding carboxylic acids is 2. The fraction of sp³-hybridized carbons (Fsp3) is 0.700. The van der Waals surface area contributed by atoms with Crippen LogP contribution in [0, 0.1) is 0 Å². The van der Waals surface area contributed by atoms with E-state index in [-0.39, 0.29) is 12.3 Å². The van der Waals surface area contributed by atoms with Crippen molar-refractivity contribution in [3.05, 3.63) is 0 Å². The third-order valence-corrected chi connectivity index (χ3v) is 3.04. The minimum atomic E-state index is -0.981. The number of aliphatic carboxylic acids is 1. The molecule has 1 rings (SSSR count). The first-order valence-electron chi connectivity index (χ1n) is 5.35. The molecule has 1 heterocycles. The SMILES string of the molecule is O=C([O-])CCCCCCN=C1NC(=O)CS1. The monoisotopic (exact) mass is 243 g/mol. The number of thioether (sulfide) groups is 1. The van der Waals surface area contributed by atoms with E-state index < -0.39 is 5.97 Å². The van der Waals surface area contributed by atoms with Gasteiger partial charge < -0.3 is 15.2 Å². The maximum Gasteiger partial charge on any atom is 0.236 e. The van der Waals surface area contributed by atoms with Gasteiger partial charge in [-0.1, -0.05) is 24.6 Å². The van der Waals surface area contributed by atoms with E-state index in [1.54, 1.807) is 0 Å². The number of unbranched alkanes of at least 4 members (excludes halogenated alkanes) is 3. The molecule has 0 aliphatic carbocycles. The van der Waals surface area contributed by atoms with Gasteiger partial charge in [-0.15, -0.1) is 0 Å². The number of hydrogen-bond donors (Lipinski definition) is 1. The van der Waals surface area contributed by atoms with Crippen LogP contribution in [0.5, 0.6) is 0 Å². The molecule has 1 fully saturated rings. The van der Waals surface area contributed by atoms with Crippen LogP contribution >= 0.6 is 11.8 Å². The molecule has 0 saturated carbocycles. The first-order chi connectivity index (χ1) is 7.68. The van der Waals surface area contributed by atoms with Gasteiger partial charge in [-0.05, 0) is 19.3 Å². The predicted molar refractivity (Wildman–Crippen MR) is 61.0 cm³/mol. The molecule has 0 aromatic carbocycles. The number of carboxylic acids is 1. The second-order valence-corrected chi connectivity index (χ2v) is 4.52. The van der Waals surface area contributed by atoms with Crippen molar-refractivity contribution in [1.82, 2.24) is 5.32 Å². The summed E-state index contributed by atoms with van der Waals surface area (Å²) in [5.74, 6) is -0.507. The van der Waals surface area contributed by atoms with Crippen LogP contribution in [-0.4, -0.2) is 29.3 Å². The Balaban J connectivity index is 1.95. The Bertz CT molecular complexity index is 292. The number of nitrogens with one attached hydrogen (secondary N) is 1. The van der Waals surface area contributed by atoms with Crippen molar-refractivity contribution in [1.29, 1.82) is 0 Å². The average Bonchev–Trinajstić information content (AvgIpc) is 2.62. The first kappa shape index (κ1) is 13.0. The molecular formula is C10H15N2O3S-. The number of hydrogen-bond acceptors (Lipinski definition) is 5. The van der Waals surface area contributed by atoms with Gasteiger partial charge in [-0.3, -0.25) is 9.79 Å². The van der Waals surface area contributed by atoms with Crippen molar-refractivity contribution in [3.63, 3.8) is 0 Å². The average molecular weight is 243 g/mol. The largest absolute Gasteiger partial charge is 0.550 e. The molecule has 5 nitrogen and oxygen atoms in total. The lowest BCUT2D eigenvalue weighted by molar-refractivity contribution is -0.305. The number of carbonyl (C=O) groups is 2. The fourth-order valence-electron chi connectivity index (χ4n) is 1.33. The van der Waals surface area contributed by atoms with Crippen LogP contribution < -0.4 is 10.4 Å². The predicted octanol–water partition coefficient (Wildman–Crippen LogP) is -0.0942. The van der Waals surface area contributed by atoms with Gasteiger partial charge in [0.1, 0.15) is 0 Å². The summed E-state index contributed by atoms with van der Waals surface area (Å²) >= 11 is 1.43. The highest BCUT2D eigenvalue weighted by Crippen LogP contribution is 2.09. The second kappa shape index (κ2) is 7.27. The van der Waals surface area contributed by atoms with E-state index >= 15 is 0 Å². The standard InChI is InChI=1S/C10H16N2O3S/c13-8-7-16-10(12-8)11-6-4-2-1-3-5-9(14)15/h1-7H2,(H,14,15)(H,11,12,13)/p-1. The second-order valence-electron chi connectivity index (χ2n) is 3.56. The van der Waals surface area contributed by atoms with E-state index in [1.165, 1.54) is 11.8 Å². The Kier molecular flexibility index (Phi) is 5.92. The molecule has 1 aliphatic rings. The topological polar surface area (TPSA) is 81.6 Å². The van der Waals surface area contributed by atoms with Gasteiger partial charge in [0.05, 0.1) is 5.75 Å². The molecule has 1 aliphatic heterocycles. The summed E-state index contributed by atoms with van der Waals surface area (Å²) < 4.78 is 0. The lowest BCUT2D eigenvalue weighted by atomic mass is 10.1. The van der Waals surface area contributed by atoms with Crippen molar-refractivity contribution >= 4 is 28.8 Å². The van der Waals surface area contributed by atoms with Gasteiger partial charge in [0.25, 0.3) is 0 Å². The molecule has 90 valence electrons. The molecule has 0 bridgehead atoms. The molecule has 16 heavy (non-hydrogen) atoms. The van der Waals surface area contributed by atoms with Crippen LogP contribution in [-0.2, 0) is 9.59 Å². The van der Waals surface area contributed by atoms with E-state index in [1.807, 2.05) is 0 Å². The lowest BCUT2D eigenvalue weighted by Gasteiger charge is -2.01. The number of amides is 1. The zero-order valence-electron chi connectivity index (χ0n) is 9.03. The molecule has 0 spiro atoms. The van der Waals surface area contributed by atoms with E-state index in [4.69, 9.17) is 0 Å². The number of amidine groups is 1. The number of nitrogens with zero attached hydrogens (tertiary/aromatic N) is 1. The van der Waals surface area contributed by atoms with Crippen molar-refractivity contribution in [2.75, 3.05) is 12.3 Å². The smallest absolute Gasteiger partial charge is 0.236 e. The van der Waals surface area contributed by atoms with E-state index in [0.29, 0.717) is 23.9 Å². The third kappa shape index (κ3) is 5.75. The summed E-state index contributed by atoms with van der Waals surface area (Å²) in [6, 6.07) is 0. The molecule has 0 aromatic rings. The van der Waals surface area contributed by atoms with Gasteiger partial charge in [-0.2, -0.15) is 0 Å². The molecule has 1 amide bonds. The zero-order chi connectivity index (χ0) is 11.8. The normalized spacial score (nSPS) is 17.8. The fourth-order valence-corrected chi connectivity index (χ4v) is 2.03. The summed E-state index contributed by atoms with van der Waals surface area (Å²) in [5.41, 5.74) is 0. The van der Waals surface area contributed by atoms with Crippen molar-refractivity contribution < 1.29 is 14.7 Å². The Morgan fingerprint density at radius 3 is 2.75 bits per heavy atom. The summed E-state index contributed by atoms with van der Waals surface area (Å²) in [6.07, 6.45) is 3.58. The number of aliphatic imine (C=N–C) groups is 1. The van der Waals surface area contributed by atoms with Crippen LogP contribution in [0.2, 0.25) is 0 Å². The van der Waals surface area contributed by atoms with E-state index in [9.17, 15) is 14.7 Å². The Labute approximate surface area is 98.7 Å².